The van der Waals surface area contributed by atoms with Crippen molar-refractivity contribution < 1.29 is 4.43 Å². The first kappa shape index (κ1) is 20.7. The molecule has 36 heavy (non-hydrogen) atoms. The molecule has 1 aliphatic heterocycles. The van der Waals surface area contributed by atoms with E-state index in [1.165, 1.54) is 77.1 Å². The van der Waals surface area contributed by atoms with Gasteiger partial charge in [0.25, 0.3) is 0 Å². The Labute approximate surface area is 213 Å². The Balaban J connectivity index is 1.39. The van der Waals surface area contributed by atoms with E-state index in [1.807, 2.05) is 0 Å². The van der Waals surface area contributed by atoms with Gasteiger partial charge in [-0.15, -0.1) is 0 Å². The van der Waals surface area contributed by atoms with Crippen LogP contribution in [0.4, 0.5) is 0 Å². The Kier molecular flexibility index (Phi) is 4.59. The molecular weight excluding hydrogens is 469 g/mol. The number of benzene rings is 7. The summed E-state index contributed by atoms with van der Waals surface area (Å²) in [4.78, 5) is 0. The molecule has 0 N–H and O–H groups in total. The van der Waals surface area contributed by atoms with Gasteiger partial charge >= 0.3 is 0 Å². The Morgan fingerprint density at radius 3 is 1.67 bits per heavy atom. The molecule has 0 bridgehead atoms. The van der Waals surface area contributed by atoms with Gasteiger partial charge in [-0.2, -0.15) is 0 Å². The van der Waals surface area contributed by atoms with Crippen molar-refractivity contribution in [3.05, 3.63) is 103 Å². The molecule has 1 aliphatic rings. The molecular formula is C33H23OSi2. The highest BCUT2D eigenvalue weighted by atomic mass is 29.2. The van der Waals surface area contributed by atoms with E-state index in [2.05, 4.69) is 103 Å². The van der Waals surface area contributed by atoms with Crippen LogP contribution in [0.1, 0.15) is 6.42 Å². The maximum Gasteiger partial charge on any atom is 0.215 e. The number of fused-ring (bicyclic) bond motifs is 7. The Hall–Kier alpha value is -3.51. The average molecular weight is 492 g/mol. The van der Waals surface area contributed by atoms with E-state index in [0.29, 0.717) is 9.28 Å². The maximum absolute atomic E-state index is 5.91. The lowest BCUT2D eigenvalue weighted by Crippen LogP contribution is -2.41. The molecule has 1 heterocycles. The second-order valence-electron chi connectivity index (χ2n) is 10.0. The van der Waals surface area contributed by atoms with Crippen molar-refractivity contribution in [2.45, 2.75) is 12.5 Å². The summed E-state index contributed by atoms with van der Waals surface area (Å²) in [5.74, 6) is 0. The summed E-state index contributed by atoms with van der Waals surface area (Å²) in [6, 6.07) is 40.4. The highest BCUT2D eigenvalue weighted by molar-refractivity contribution is 7.17. The third-order valence-electron chi connectivity index (χ3n) is 7.81. The summed E-state index contributed by atoms with van der Waals surface area (Å²) in [5.41, 5.74) is 0. The van der Waals surface area contributed by atoms with Crippen LogP contribution in [0, 0.1) is 0 Å². The Bertz CT molecular complexity index is 1990. The van der Waals surface area contributed by atoms with Crippen LogP contribution in [0.15, 0.2) is 103 Å². The zero-order chi connectivity index (χ0) is 23.6. The third kappa shape index (κ3) is 3.24. The molecule has 169 valence electrons. The smallest absolute Gasteiger partial charge is 0.215 e. The molecule has 1 nitrogen and oxygen atoms in total. The Morgan fingerprint density at radius 1 is 0.500 bits per heavy atom. The van der Waals surface area contributed by atoms with E-state index in [0.717, 1.165) is 6.61 Å². The molecule has 3 radical (unpaired) electrons. The summed E-state index contributed by atoms with van der Waals surface area (Å²) in [6.45, 7) is 0.934. The van der Waals surface area contributed by atoms with Crippen molar-refractivity contribution in [2.24, 2.45) is 0 Å². The first-order chi connectivity index (χ1) is 17.8. The normalized spacial score (nSPS) is 15.1. The van der Waals surface area contributed by atoms with Crippen molar-refractivity contribution in [3.8, 4) is 0 Å². The number of hydrogen-bond acceptors (Lipinski definition) is 1. The molecule has 0 spiro atoms. The minimum Gasteiger partial charge on any atom is -0.421 e. The predicted molar refractivity (Wildman–Crippen MR) is 158 cm³/mol. The van der Waals surface area contributed by atoms with Crippen LogP contribution in [0.25, 0.3) is 64.6 Å². The predicted octanol–water partition coefficient (Wildman–Crippen LogP) is 7.84. The molecule has 1 saturated heterocycles. The van der Waals surface area contributed by atoms with Crippen LogP contribution in [-0.2, 0) is 4.43 Å². The van der Waals surface area contributed by atoms with Crippen LogP contribution in [0.2, 0.25) is 6.04 Å². The third-order valence-corrected chi connectivity index (χ3v) is 13.1. The van der Waals surface area contributed by atoms with E-state index in [-0.39, 0.29) is 0 Å². The van der Waals surface area contributed by atoms with Gasteiger partial charge in [0, 0.05) is 6.61 Å². The maximum atomic E-state index is 5.91. The SMILES string of the molecule is c1ccc2cc3cc4c(ccc5cc6cc7cccc([Si]8CCCO[Si]8)c7cc6cc54)cc3cc2c1. The van der Waals surface area contributed by atoms with Gasteiger partial charge in [-0.1, -0.05) is 65.8 Å². The summed E-state index contributed by atoms with van der Waals surface area (Å²) >= 11 is 0. The zero-order valence-electron chi connectivity index (χ0n) is 19.8. The second-order valence-corrected chi connectivity index (χ2v) is 14.9. The van der Waals surface area contributed by atoms with Gasteiger partial charge in [-0.05, 0) is 120 Å². The lowest BCUT2D eigenvalue weighted by molar-refractivity contribution is 0.336. The molecule has 7 aromatic rings. The van der Waals surface area contributed by atoms with E-state index in [9.17, 15) is 0 Å². The van der Waals surface area contributed by atoms with Crippen molar-refractivity contribution in [3.63, 3.8) is 0 Å². The van der Waals surface area contributed by atoms with Crippen LogP contribution in [0.5, 0.6) is 0 Å². The second kappa shape index (κ2) is 8.00. The highest BCUT2D eigenvalue weighted by Gasteiger charge is 2.22. The molecule has 0 amide bonds. The van der Waals surface area contributed by atoms with E-state index < -0.39 is 8.31 Å². The molecule has 0 aromatic heterocycles. The standard InChI is InChI=1S/C33H23OSi2/c1-2-6-22-14-28-18-30-24(16-26(28)13-21(22)5-1)9-10-25-17-27-15-23-7-3-8-33(36-12-4-11-34-35-36)32(23)20-29(27)19-31(25)30/h1-3,5-10,13-20H,4,11-12H2. The quantitative estimate of drug-likeness (QED) is 0.129. The molecule has 1 fully saturated rings. The number of rotatable bonds is 1. The van der Waals surface area contributed by atoms with Gasteiger partial charge in [0.2, 0.25) is 9.28 Å². The first-order valence-electron chi connectivity index (χ1n) is 12.7. The fraction of sp³-hybridized carbons (Fsp3) is 0.0909. The van der Waals surface area contributed by atoms with E-state index >= 15 is 0 Å². The van der Waals surface area contributed by atoms with Crippen molar-refractivity contribution >= 4 is 87.4 Å². The fourth-order valence-electron chi connectivity index (χ4n) is 5.99. The topological polar surface area (TPSA) is 9.23 Å². The van der Waals surface area contributed by atoms with Crippen LogP contribution < -0.4 is 5.19 Å². The lowest BCUT2D eigenvalue weighted by atomic mass is 9.94. The van der Waals surface area contributed by atoms with Gasteiger partial charge in [0.15, 0.2) is 0 Å². The van der Waals surface area contributed by atoms with Crippen LogP contribution in [-0.4, -0.2) is 24.2 Å². The summed E-state index contributed by atoms with van der Waals surface area (Å²) in [7, 11) is 0.0359. The lowest BCUT2D eigenvalue weighted by Gasteiger charge is -2.21. The first-order valence-corrected chi connectivity index (χ1v) is 16.3. The summed E-state index contributed by atoms with van der Waals surface area (Å²) in [6.07, 6.45) is 1.20. The zero-order valence-corrected chi connectivity index (χ0v) is 21.8. The average Bonchev–Trinajstić information content (AvgIpc) is 2.93. The monoisotopic (exact) mass is 491 g/mol. The number of hydrogen-bond donors (Lipinski definition) is 0. The fourth-order valence-corrected chi connectivity index (χ4v) is 10.9. The van der Waals surface area contributed by atoms with Crippen LogP contribution in [0.3, 0.4) is 0 Å². The molecule has 0 atom stereocenters. The molecule has 3 heteroatoms. The van der Waals surface area contributed by atoms with E-state index in [1.54, 1.807) is 5.19 Å². The highest BCUT2D eigenvalue weighted by Crippen LogP contribution is 2.35. The molecule has 0 unspecified atom stereocenters. The van der Waals surface area contributed by atoms with Crippen molar-refractivity contribution in [1.29, 1.82) is 0 Å². The molecule has 0 saturated carbocycles. The van der Waals surface area contributed by atoms with E-state index in [4.69, 9.17) is 4.43 Å². The van der Waals surface area contributed by atoms with Crippen molar-refractivity contribution in [2.75, 3.05) is 6.61 Å². The molecule has 8 rings (SSSR count). The Morgan fingerprint density at radius 2 is 1.03 bits per heavy atom. The van der Waals surface area contributed by atoms with Crippen LogP contribution >= 0.6 is 0 Å². The molecule has 7 aromatic carbocycles. The summed E-state index contributed by atoms with van der Waals surface area (Å²) in [5, 5.41) is 17.4. The minimum absolute atomic E-state index is 0.631. The minimum atomic E-state index is -0.631. The van der Waals surface area contributed by atoms with Gasteiger partial charge in [-0.3, -0.25) is 0 Å². The largest absolute Gasteiger partial charge is 0.421 e. The summed E-state index contributed by atoms with van der Waals surface area (Å²) < 4.78 is 5.91. The van der Waals surface area contributed by atoms with Crippen molar-refractivity contribution in [1.82, 2.24) is 0 Å². The molecule has 0 aliphatic carbocycles. The van der Waals surface area contributed by atoms with Gasteiger partial charge in [0.05, 0.1) is 0 Å². The van der Waals surface area contributed by atoms with Gasteiger partial charge < -0.3 is 4.43 Å². The van der Waals surface area contributed by atoms with Gasteiger partial charge in [0.1, 0.15) is 8.31 Å². The van der Waals surface area contributed by atoms with Gasteiger partial charge in [-0.25, -0.2) is 0 Å².